The van der Waals surface area contributed by atoms with Gasteiger partial charge in [-0.2, -0.15) is 0 Å². The van der Waals surface area contributed by atoms with Crippen molar-refractivity contribution in [3.05, 3.63) is 35.6 Å². The van der Waals surface area contributed by atoms with Gasteiger partial charge in [0, 0.05) is 19.0 Å². The Balaban J connectivity index is 0.00000289. The highest BCUT2D eigenvalue weighted by Crippen LogP contribution is 2.03. The average Bonchev–Trinajstić information content (AvgIpc) is 2.29. The van der Waals surface area contributed by atoms with Gasteiger partial charge in [-0.15, -0.1) is 12.4 Å². The molecule has 0 radical (unpaired) electrons. The lowest BCUT2D eigenvalue weighted by Crippen LogP contribution is -2.35. The lowest BCUT2D eigenvalue weighted by Gasteiger charge is -2.11. The Bertz CT molecular complexity index is 374. The highest BCUT2D eigenvalue weighted by molar-refractivity contribution is 5.85. The van der Waals surface area contributed by atoms with Crippen LogP contribution in [-0.4, -0.2) is 26.0 Å². The van der Waals surface area contributed by atoms with Crippen LogP contribution >= 0.6 is 12.4 Å². The summed E-state index contributed by atoms with van der Waals surface area (Å²) in [6.45, 7) is 3.07. The van der Waals surface area contributed by atoms with Gasteiger partial charge in [-0.05, 0) is 31.2 Å². The fourth-order valence-corrected chi connectivity index (χ4v) is 1.60. The van der Waals surface area contributed by atoms with Crippen LogP contribution in [0.25, 0.3) is 0 Å². The van der Waals surface area contributed by atoms with Crippen LogP contribution in [0.4, 0.5) is 4.39 Å². The van der Waals surface area contributed by atoms with Crippen LogP contribution in [-0.2, 0) is 11.2 Å². The predicted octanol–water partition coefficient (Wildman–Crippen LogP) is 1.76. The minimum Gasteiger partial charge on any atom is -0.355 e. The number of benzene rings is 1. The first-order valence-corrected chi connectivity index (χ1v) is 5.80. The van der Waals surface area contributed by atoms with Gasteiger partial charge in [0.1, 0.15) is 5.82 Å². The normalized spacial score (nSPS) is 11.5. The van der Waals surface area contributed by atoms with E-state index >= 15 is 0 Å². The second kappa shape index (κ2) is 8.89. The summed E-state index contributed by atoms with van der Waals surface area (Å²) in [5, 5.41) is 5.79. The molecule has 0 aromatic heterocycles. The Hall–Kier alpha value is -1.13. The van der Waals surface area contributed by atoms with E-state index in [4.69, 9.17) is 0 Å². The molecule has 0 aliphatic rings. The van der Waals surface area contributed by atoms with E-state index in [0.29, 0.717) is 19.5 Å². The van der Waals surface area contributed by atoms with Crippen molar-refractivity contribution in [3.8, 4) is 0 Å². The molecule has 2 N–H and O–H groups in total. The van der Waals surface area contributed by atoms with Crippen molar-refractivity contribution in [3.63, 3.8) is 0 Å². The summed E-state index contributed by atoms with van der Waals surface area (Å²) < 4.78 is 12.9. The molecule has 0 fully saturated rings. The van der Waals surface area contributed by atoms with Crippen molar-refractivity contribution in [1.82, 2.24) is 10.6 Å². The van der Waals surface area contributed by atoms with E-state index in [0.717, 1.165) is 5.56 Å². The molecule has 1 unspecified atom stereocenters. The molecule has 0 saturated heterocycles. The van der Waals surface area contributed by atoms with Gasteiger partial charge in [0.15, 0.2) is 0 Å². The van der Waals surface area contributed by atoms with E-state index in [9.17, 15) is 9.18 Å². The summed E-state index contributed by atoms with van der Waals surface area (Å²) in [6, 6.07) is 6.43. The zero-order chi connectivity index (χ0) is 12.7. The van der Waals surface area contributed by atoms with Crippen molar-refractivity contribution in [2.24, 2.45) is 5.92 Å². The summed E-state index contributed by atoms with van der Waals surface area (Å²) in [6.07, 6.45) is 0.649. The van der Waals surface area contributed by atoms with Gasteiger partial charge in [0.25, 0.3) is 0 Å². The Morgan fingerprint density at radius 3 is 2.78 bits per heavy atom. The standard InChI is InChI=1S/C13H19FN2O.ClH/c1-10(9-15-2)13(17)16-7-6-11-4-3-5-12(14)8-11;/h3-5,8,10,15H,6-7,9H2,1-2H3,(H,16,17);1H. The van der Waals surface area contributed by atoms with E-state index in [-0.39, 0.29) is 30.0 Å². The van der Waals surface area contributed by atoms with Gasteiger partial charge in [-0.25, -0.2) is 4.39 Å². The summed E-state index contributed by atoms with van der Waals surface area (Å²) in [5.41, 5.74) is 0.895. The van der Waals surface area contributed by atoms with Gasteiger partial charge in [-0.1, -0.05) is 19.1 Å². The van der Waals surface area contributed by atoms with Crippen LogP contribution in [0.3, 0.4) is 0 Å². The van der Waals surface area contributed by atoms with Gasteiger partial charge in [0.2, 0.25) is 5.91 Å². The Labute approximate surface area is 114 Å². The zero-order valence-electron chi connectivity index (χ0n) is 10.7. The SMILES string of the molecule is CNCC(C)C(=O)NCCc1cccc(F)c1.Cl. The number of nitrogens with one attached hydrogen (secondary N) is 2. The first-order valence-electron chi connectivity index (χ1n) is 5.80. The molecule has 1 aromatic carbocycles. The Morgan fingerprint density at radius 2 is 2.17 bits per heavy atom. The largest absolute Gasteiger partial charge is 0.355 e. The lowest BCUT2D eigenvalue weighted by atomic mass is 10.1. The van der Waals surface area contributed by atoms with E-state index in [1.807, 2.05) is 20.0 Å². The maximum absolute atomic E-state index is 12.9. The van der Waals surface area contributed by atoms with Crippen LogP contribution < -0.4 is 10.6 Å². The third kappa shape index (κ3) is 5.98. The van der Waals surface area contributed by atoms with Crippen molar-refractivity contribution in [2.75, 3.05) is 20.1 Å². The van der Waals surface area contributed by atoms with E-state index in [2.05, 4.69) is 10.6 Å². The van der Waals surface area contributed by atoms with Crippen LogP contribution in [0.1, 0.15) is 12.5 Å². The van der Waals surface area contributed by atoms with Crippen molar-refractivity contribution in [1.29, 1.82) is 0 Å². The number of rotatable bonds is 6. The molecule has 1 amide bonds. The molecule has 0 heterocycles. The second-order valence-electron chi connectivity index (χ2n) is 4.13. The third-order valence-corrected chi connectivity index (χ3v) is 2.56. The third-order valence-electron chi connectivity index (χ3n) is 2.56. The fraction of sp³-hybridized carbons (Fsp3) is 0.462. The quantitative estimate of drug-likeness (QED) is 0.830. The Morgan fingerprint density at radius 1 is 1.44 bits per heavy atom. The Kier molecular flexibility index (Phi) is 8.33. The topological polar surface area (TPSA) is 41.1 Å². The first-order chi connectivity index (χ1) is 8.13. The van der Waals surface area contributed by atoms with E-state index in [1.165, 1.54) is 12.1 Å². The number of hydrogen-bond donors (Lipinski definition) is 2. The highest BCUT2D eigenvalue weighted by Gasteiger charge is 2.10. The number of carbonyl (C=O) groups excluding carboxylic acids is 1. The van der Waals surface area contributed by atoms with Crippen molar-refractivity contribution < 1.29 is 9.18 Å². The molecule has 0 bridgehead atoms. The maximum Gasteiger partial charge on any atom is 0.224 e. The van der Waals surface area contributed by atoms with Crippen molar-refractivity contribution in [2.45, 2.75) is 13.3 Å². The minimum absolute atomic E-state index is 0. The van der Waals surface area contributed by atoms with Crippen LogP contribution in [0.15, 0.2) is 24.3 Å². The van der Waals surface area contributed by atoms with Gasteiger partial charge >= 0.3 is 0 Å². The molecule has 1 aromatic rings. The summed E-state index contributed by atoms with van der Waals surface area (Å²) >= 11 is 0. The lowest BCUT2D eigenvalue weighted by molar-refractivity contribution is -0.124. The molecule has 0 saturated carbocycles. The summed E-state index contributed by atoms with van der Waals surface area (Å²) in [4.78, 5) is 11.6. The molecule has 102 valence electrons. The molecular formula is C13H20ClFN2O. The van der Waals surface area contributed by atoms with Gasteiger partial charge in [0.05, 0.1) is 0 Å². The van der Waals surface area contributed by atoms with Gasteiger partial charge in [-0.3, -0.25) is 4.79 Å². The molecule has 3 nitrogen and oxygen atoms in total. The van der Waals surface area contributed by atoms with Crippen LogP contribution in [0.5, 0.6) is 0 Å². The summed E-state index contributed by atoms with van der Waals surface area (Å²) in [5.74, 6) is -0.263. The zero-order valence-corrected chi connectivity index (χ0v) is 11.5. The summed E-state index contributed by atoms with van der Waals surface area (Å²) in [7, 11) is 1.82. The number of halogens is 2. The highest BCUT2D eigenvalue weighted by atomic mass is 35.5. The van der Waals surface area contributed by atoms with Gasteiger partial charge < -0.3 is 10.6 Å². The monoisotopic (exact) mass is 274 g/mol. The predicted molar refractivity (Wildman–Crippen MR) is 73.5 cm³/mol. The number of amides is 1. The molecule has 18 heavy (non-hydrogen) atoms. The molecule has 0 aliphatic heterocycles. The van der Waals surface area contributed by atoms with Crippen LogP contribution in [0, 0.1) is 11.7 Å². The maximum atomic E-state index is 12.9. The van der Waals surface area contributed by atoms with Crippen LogP contribution in [0.2, 0.25) is 0 Å². The second-order valence-corrected chi connectivity index (χ2v) is 4.13. The molecule has 0 spiro atoms. The smallest absolute Gasteiger partial charge is 0.224 e. The van der Waals surface area contributed by atoms with E-state index < -0.39 is 0 Å². The number of carbonyl (C=O) groups is 1. The average molecular weight is 275 g/mol. The molecule has 0 aliphatic carbocycles. The molecular weight excluding hydrogens is 255 g/mol. The number of hydrogen-bond acceptors (Lipinski definition) is 2. The van der Waals surface area contributed by atoms with Crippen molar-refractivity contribution >= 4 is 18.3 Å². The molecule has 1 atom stereocenters. The van der Waals surface area contributed by atoms with E-state index in [1.54, 1.807) is 6.07 Å². The molecule has 1 rings (SSSR count). The molecule has 5 heteroatoms. The minimum atomic E-state index is -0.239. The fourth-order valence-electron chi connectivity index (χ4n) is 1.60. The first kappa shape index (κ1) is 16.9.